The predicted octanol–water partition coefficient (Wildman–Crippen LogP) is 1.19. The molecule has 1 aliphatic rings. The second-order valence-electron chi connectivity index (χ2n) is 3.31. The van der Waals surface area contributed by atoms with E-state index in [0.717, 1.165) is 32.5 Å². The Hall–Kier alpha value is -0.610. The average molecular weight is 231 g/mol. The minimum absolute atomic E-state index is 0.0963. The van der Waals surface area contributed by atoms with Crippen molar-refractivity contribution < 1.29 is 4.79 Å². The number of hydrogen-bond acceptors (Lipinski definition) is 3. The maximum Gasteiger partial charge on any atom is 0.220 e. The lowest BCUT2D eigenvalue weighted by Crippen LogP contribution is -2.40. The Balaban J connectivity index is 0. The van der Waals surface area contributed by atoms with Crippen LogP contribution in [-0.2, 0) is 4.79 Å². The number of carbonyl (C=O) groups is 1. The van der Waals surface area contributed by atoms with Crippen LogP contribution in [0.15, 0.2) is 0 Å². The third-order valence-electron chi connectivity index (χ3n) is 2.44. The monoisotopic (exact) mass is 231 g/mol. The molecule has 0 radical (unpaired) electrons. The van der Waals surface area contributed by atoms with Gasteiger partial charge in [-0.3, -0.25) is 4.79 Å². The summed E-state index contributed by atoms with van der Waals surface area (Å²) in [6, 6.07) is 0. The van der Waals surface area contributed by atoms with Crippen molar-refractivity contribution in [1.82, 2.24) is 4.90 Å². The van der Waals surface area contributed by atoms with Gasteiger partial charge in [0.05, 0.1) is 0 Å². The molecule has 16 heavy (non-hydrogen) atoms. The molecule has 1 fully saturated rings. The molecule has 0 aromatic heterocycles. The fourth-order valence-electron chi connectivity index (χ4n) is 1.62. The van der Waals surface area contributed by atoms with Gasteiger partial charge in [0.25, 0.3) is 0 Å². The first kappa shape index (κ1) is 17.8. The Bertz CT molecular complexity index is 154. The van der Waals surface area contributed by atoms with Crippen LogP contribution < -0.4 is 11.5 Å². The lowest BCUT2D eigenvalue weighted by molar-refractivity contribution is -0.123. The number of nitrogens with zero attached hydrogens (tertiary/aromatic N) is 1. The van der Waals surface area contributed by atoms with Crippen molar-refractivity contribution in [2.24, 2.45) is 17.4 Å². The number of carbonyl (C=O) groups excluding carboxylic acids is 1. The number of primary amides is 1. The van der Waals surface area contributed by atoms with Crippen LogP contribution in [0.4, 0.5) is 0 Å². The number of nitrogens with two attached hydrogens (primary N) is 2. The molecular formula is C12H29N3O. The first-order chi connectivity index (χ1) is 7.74. The van der Waals surface area contributed by atoms with Crippen molar-refractivity contribution >= 4 is 5.91 Å². The van der Waals surface area contributed by atoms with E-state index in [1.165, 1.54) is 0 Å². The number of piperidine rings is 1. The maximum absolute atomic E-state index is 10.8. The van der Waals surface area contributed by atoms with E-state index in [1.54, 1.807) is 0 Å². The molecule has 1 saturated heterocycles. The zero-order valence-electron chi connectivity index (χ0n) is 11.3. The Labute approximate surface area is 100 Å². The summed E-state index contributed by atoms with van der Waals surface area (Å²) in [5.41, 5.74) is 10.6. The van der Waals surface area contributed by atoms with Gasteiger partial charge in [-0.15, -0.1) is 0 Å². The molecule has 98 valence electrons. The molecule has 4 N–H and O–H groups in total. The van der Waals surface area contributed by atoms with Gasteiger partial charge in [-0.1, -0.05) is 27.7 Å². The van der Waals surface area contributed by atoms with Gasteiger partial charge in [0, 0.05) is 19.0 Å². The minimum Gasteiger partial charge on any atom is -0.369 e. The fraction of sp³-hybridized carbons (Fsp3) is 0.917. The first-order valence-electron chi connectivity index (χ1n) is 6.45. The van der Waals surface area contributed by atoms with Gasteiger partial charge in [-0.2, -0.15) is 0 Å². The second kappa shape index (κ2) is 12.5. The quantitative estimate of drug-likeness (QED) is 0.766. The number of likely N-dealkylation sites (tertiary alicyclic amines) is 1. The SMILES string of the molecule is CC.CC.NCCN1CCC(C(N)=O)CC1. The summed E-state index contributed by atoms with van der Waals surface area (Å²) in [5.74, 6) is -0.0542. The first-order valence-corrected chi connectivity index (χ1v) is 6.45. The zero-order valence-corrected chi connectivity index (χ0v) is 11.3. The molecular weight excluding hydrogens is 202 g/mol. The zero-order chi connectivity index (χ0) is 13.0. The van der Waals surface area contributed by atoms with Crippen molar-refractivity contribution in [2.75, 3.05) is 26.2 Å². The van der Waals surface area contributed by atoms with Crippen LogP contribution in [0.1, 0.15) is 40.5 Å². The molecule has 0 bridgehead atoms. The third kappa shape index (κ3) is 7.65. The summed E-state index contributed by atoms with van der Waals surface area (Å²) in [6.07, 6.45) is 1.80. The van der Waals surface area contributed by atoms with Gasteiger partial charge in [0.15, 0.2) is 0 Å². The largest absolute Gasteiger partial charge is 0.369 e. The molecule has 0 unspecified atom stereocenters. The van der Waals surface area contributed by atoms with Crippen molar-refractivity contribution in [1.29, 1.82) is 0 Å². The molecule has 1 amide bonds. The highest BCUT2D eigenvalue weighted by Crippen LogP contribution is 2.15. The summed E-state index contributed by atoms with van der Waals surface area (Å²) in [6.45, 7) is 11.6. The van der Waals surface area contributed by atoms with Gasteiger partial charge in [0.2, 0.25) is 5.91 Å². The van der Waals surface area contributed by atoms with E-state index in [9.17, 15) is 4.79 Å². The number of amides is 1. The standard InChI is InChI=1S/C8H17N3O.2C2H6/c9-3-6-11-4-1-7(2-5-11)8(10)12;2*1-2/h7H,1-6,9H2,(H2,10,12);2*1-2H3. The van der Waals surface area contributed by atoms with Crippen LogP contribution in [0.5, 0.6) is 0 Å². The molecule has 0 aliphatic carbocycles. The van der Waals surface area contributed by atoms with Crippen LogP contribution in [0, 0.1) is 5.92 Å². The fourth-order valence-corrected chi connectivity index (χ4v) is 1.62. The van der Waals surface area contributed by atoms with E-state index in [1.807, 2.05) is 27.7 Å². The van der Waals surface area contributed by atoms with Crippen LogP contribution in [0.3, 0.4) is 0 Å². The van der Waals surface area contributed by atoms with E-state index < -0.39 is 0 Å². The highest BCUT2D eigenvalue weighted by atomic mass is 16.1. The lowest BCUT2D eigenvalue weighted by Gasteiger charge is -2.29. The summed E-state index contributed by atoms with van der Waals surface area (Å²) in [4.78, 5) is 13.1. The molecule has 0 aromatic rings. The summed E-state index contributed by atoms with van der Waals surface area (Å²) >= 11 is 0. The van der Waals surface area contributed by atoms with Gasteiger partial charge in [-0.05, 0) is 25.9 Å². The van der Waals surface area contributed by atoms with Crippen LogP contribution >= 0.6 is 0 Å². The number of hydrogen-bond donors (Lipinski definition) is 2. The second-order valence-corrected chi connectivity index (χ2v) is 3.31. The Kier molecular flexibility index (Phi) is 13.8. The molecule has 4 nitrogen and oxygen atoms in total. The Morgan fingerprint density at radius 3 is 1.94 bits per heavy atom. The molecule has 1 heterocycles. The van der Waals surface area contributed by atoms with Gasteiger partial charge < -0.3 is 16.4 Å². The molecule has 0 atom stereocenters. The third-order valence-corrected chi connectivity index (χ3v) is 2.44. The molecule has 0 saturated carbocycles. The van der Waals surface area contributed by atoms with Crippen molar-refractivity contribution in [3.8, 4) is 0 Å². The summed E-state index contributed by atoms with van der Waals surface area (Å²) in [5, 5.41) is 0. The van der Waals surface area contributed by atoms with Crippen molar-refractivity contribution in [3.63, 3.8) is 0 Å². The van der Waals surface area contributed by atoms with Crippen molar-refractivity contribution in [3.05, 3.63) is 0 Å². The predicted molar refractivity (Wildman–Crippen MR) is 70.1 cm³/mol. The van der Waals surface area contributed by atoms with E-state index in [0.29, 0.717) is 6.54 Å². The van der Waals surface area contributed by atoms with Crippen molar-refractivity contribution in [2.45, 2.75) is 40.5 Å². The normalized spacial score (nSPS) is 16.6. The van der Waals surface area contributed by atoms with E-state index >= 15 is 0 Å². The van der Waals surface area contributed by atoms with Crippen LogP contribution in [-0.4, -0.2) is 37.0 Å². The summed E-state index contributed by atoms with van der Waals surface area (Å²) in [7, 11) is 0. The molecule has 0 spiro atoms. The minimum atomic E-state index is -0.151. The molecule has 4 heteroatoms. The van der Waals surface area contributed by atoms with E-state index in [4.69, 9.17) is 11.5 Å². The Morgan fingerprint density at radius 2 is 1.62 bits per heavy atom. The molecule has 1 rings (SSSR count). The van der Waals surface area contributed by atoms with E-state index in [-0.39, 0.29) is 11.8 Å². The molecule has 1 aliphatic heterocycles. The summed E-state index contributed by atoms with van der Waals surface area (Å²) < 4.78 is 0. The highest BCUT2D eigenvalue weighted by Gasteiger charge is 2.22. The smallest absolute Gasteiger partial charge is 0.220 e. The van der Waals surface area contributed by atoms with Gasteiger partial charge in [0.1, 0.15) is 0 Å². The van der Waals surface area contributed by atoms with Crippen LogP contribution in [0.2, 0.25) is 0 Å². The molecule has 0 aromatic carbocycles. The maximum atomic E-state index is 10.8. The average Bonchev–Trinajstić information content (AvgIpc) is 2.35. The highest BCUT2D eigenvalue weighted by molar-refractivity contribution is 5.76. The van der Waals surface area contributed by atoms with Gasteiger partial charge in [-0.25, -0.2) is 0 Å². The Morgan fingerprint density at radius 1 is 1.19 bits per heavy atom. The number of rotatable bonds is 3. The lowest BCUT2D eigenvalue weighted by atomic mass is 9.96. The van der Waals surface area contributed by atoms with Crippen LogP contribution in [0.25, 0.3) is 0 Å². The van der Waals surface area contributed by atoms with Gasteiger partial charge >= 0.3 is 0 Å². The van der Waals surface area contributed by atoms with E-state index in [2.05, 4.69) is 4.90 Å². The topological polar surface area (TPSA) is 72.3 Å².